The van der Waals surface area contributed by atoms with Crippen LogP contribution in [0.2, 0.25) is 0 Å². The van der Waals surface area contributed by atoms with Gasteiger partial charge in [0.2, 0.25) is 0 Å². The first-order chi connectivity index (χ1) is 9.92. The van der Waals surface area contributed by atoms with Crippen molar-refractivity contribution >= 4 is 17.7 Å². The molecule has 7 heteroatoms. The molecule has 2 heterocycles. The molecule has 7 nitrogen and oxygen atoms in total. The van der Waals surface area contributed by atoms with E-state index in [1.165, 1.54) is 10.9 Å². The van der Waals surface area contributed by atoms with Crippen LogP contribution in [0.3, 0.4) is 0 Å². The lowest BCUT2D eigenvalue weighted by Gasteiger charge is -2.06. The molecule has 21 heavy (non-hydrogen) atoms. The maximum atomic E-state index is 12.3. The maximum absolute atomic E-state index is 12.3. The third-order valence-electron chi connectivity index (χ3n) is 3.31. The van der Waals surface area contributed by atoms with Gasteiger partial charge in [-0.3, -0.25) is 14.3 Å². The van der Waals surface area contributed by atoms with Gasteiger partial charge in [-0.2, -0.15) is 5.10 Å². The number of hydrogen-bond donors (Lipinski definition) is 2. The average Bonchev–Trinajstić information content (AvgIpc) is 2.93. The number of carbonyl (C=O) groups is 2. The predicted molar refractivity (Wildman–Crippen MR) is 77.4 cm³/mol. The minimum absolute atomic E-state index is 0.236. The summed E-state index contributed by atoms with van der Waals surface area (Å²) in [5.41, 5.74) is 2.52. The van der Waals surface area contributed by atoms with Gasteiger partial charge >= 0.3 is 5.97 Å². The van der Waals surface area contributed by atoms with Gasteiger partial charge in [-0.15, -0.1) is 0 Å². The highest BCUT2D eigenvalue weighted by molar-refractivity contribution is 6.04. The third kappa shape index (κ3) is 3.13. The van der Waals surface area contributed by atoms with Crippen LogP contribution in [0.15, 0.2) is 18.3 Å². The van der Waals surface area contributed by atoms with Gasteiger partial charge in [0, 0.05) is 30.2 Å². The van der Waals surface area contributed by atoms with Crippen molar-refractivity contribution in [3.63, 3.8) is 0 Å². The molecule has 0 radical (unpaired) electrons. The molecule has 0 fully saturated rings. The van der Waals surface area contributed by atoms with Crippen molar-refractivity contribution in [3.05, 3.63) is 35.3 Å². The Labute approximate surface area is 122 Å². The van der Waals surface area contributed by atoms with Crippen molar-refractivity contribution in [1.82, 2.24) is 14.3 Å². The molecule has 112 valence electrons. The SMILES string of the molecule is CCn1c(C)cc(C(=O)Nc2ccn(CC(=O)O)n2)c1C. The van der Waals surface area contributed by atoms with E-state index in [1.54, 1.807) is 6.07 Å². The quantitative estimate of drug-likeness (QED) is 0.876. The van der Waals surface area contributed by atoms with Gasteiger partial charge in [0.15, 0.2) is 5.82 Å². The molecule has 0 saturated carbocycles. The molecule has 0 bridgehead atoms. The van der Waals surface area contributed by atoms with Crippen molar-refractivity contribution in [2.24, 2.45) is 0 Å². The first kappa shape index (κ1) is 14.8. The van der Waals surface area contributed by atoms with Gasteiger partial charge < -0.3 is 15.0 Å². The number of aliphatic carboxylic acids is 1. The summed E-state index contributed by atoms with van der Waals surface area (Å²) < 4.78 is 3.31. The van der Waals surface area contributed by atoms with E-state index >= 15 is 0 Å². The van der Waals surface area contributed by atoms with E-state index in [9.17, 15) is 9.59 Å². The van der Waals surface area contributed by atoms with Crippen molar-refractivity contribution in [1.29, 1.82) is 0 Å². The Morgan fingerprint density at radius 2 is 2.10 bits per heavy atom. The molecule has 2 N–H and O–H groups in total. The highest BCUT2D eigenvalue weighted by atomic mass is 16.4. The summed E-state index contributed by atoms with van der Waals surface area (Å²) in [4.78, 5) is 22.8. The van der Waals surface area contributed by atoms with E-state index in [0.29, 0.717) is 11.4 Å². The number of amides is 1. The molecule has 0 unspecified atom stereocenters. The molecule has 1 amide bonds. The summed E-state index contributed by atoms with van der Waals surface area (Å²) in [7, 11) is 0. The number of carboxylic acids is 1. The van der Waals surface area contributed by atoms with Gasteiger partial charge in [-0.1, -0.05) is 0 Å². The summed E-state index contributed by atoms with van der Waals surface area (Å²) in [5, 5.41) is 15.4. The molecule has 0 atom stereocenters. The molecule has 2 aromatic heterocycles. The van der Waals surface area contributed by atoms with Gasteiger partial charge in [0.1, 0.15) is 6.54 Å². The summed E-state index contributed by atoms with van der Waals surface area (Å²) >= 11 is 0. The molecule has 2 aromatic rings. The van der Waals surface area contributed by atoms with Gasteiger partial charge in [0.25, 0.3) is 5.91 Å². The summed E-state index contributed by atoms with van der Waals surface area (Å²) in [6.07, 6.45) is 1.51. The van der Waals surface area contributed by atoms with Crippen LogP contribution in [0.25, 0.3) is 0 Å². The van der Waals surface area contributed by atoms with Crippen LogP contribution < -0.4 is 5.32 Å². The number of aryl methyl sites for hydroxylation is 1. The smallest absolute Gasteiger partial charge is 0.325 e. The fourth-order valence-electron chi connectivity index (χ4n) is 2.36. The first-order valence-corrected chi connectivity index (χ1v) is 6.65. The molecular formula is C14H18N4O3. The van der Waals surface area contributed by atoms with Crippen LogP contribution in [0.4, 0.5) is 5.82 Å². The highest BCUT2D eigenvalue weighted by Gasteiger charge is 2.16. The van der Waals surface area contributed by atoms with Crippen LogP contribution in [0.1, 0.15) is 28.7 Å². The Morgan fingerprint density at radius 1 is 1.38 bits per heavy atom. The van der Waals surface area contributed by atoms with E-state index in [4.69, 9.17) is 5.11 Å². The lowest BCUT2D eigenvalue weighted by Crippen LogP contribution is -2.15. The second-order valence-corrected chi connectivity index (χ2v) is 4.78. The summed E-state index contributed by atoms with van der Waals surface area (Å²) in [5.74, 6) is -0.895. The zero-order valence-corrected chi connectivity index (χ0v) is 12.3. The lowest BCUT2D eigenvalue weighted by atomic mass is 10.2. The van der Waals surface area contributed by atoms with E-state index in [-0.39, 0.29) is 12.5 Å². The number of carboxylic acid groups (broad SMARTS) is 1. The number of carbonyl (C=O) groups excluding carboxylic acids is 1. The Hall–Kier alpha value is -2.57. The first-order valence-electron chi connectivity index (χ1n) is 6.65. The minimum atomic E-state index is -0.984. The standard InChI is InChI=1S/C14H18N4O3/c1-4-18-9(2)7-11(10(18)3)14(21)15-12-5-6-17(16-12)8-13(19)20/h5-7H,4,8H2,1-3H3,(H,19,20)(H,15,16,21). The van der Waals surface area contributed by atoms with Crippen molar-refractivity contribution < 1.29 is 14.7 Å². The number of aromatic nitrogens is 3. The topological polar surface area (TPSA) is 89.2 Å². The number of anilines is 1. The molecule has 0 aliphatic heterocycles. The van der Waals surface area contributed by atoms with Crippen molar-refractivity contribution in [2.45, 2.75) is 33.9 Å². The maximum Gasteiger partial charge on any atom is 0.325 e. The monoisotopic (exact) mass is 290 g/mol. The lowest BCUT2D eigenvalue weighted by molar-refractivity contribution is -0.137. The molecule has 2 rings (SSSR count). The van der Waals surface area contributed by atoms with Crippen LogP contribution in [0.5, 0.6) is 0 Å². The highest BCUT2D eigenvalue weighted by Crippen LogP contribution is 2.16. The van der Waals surface area contributed by atoms with E-state index in [1.807, 2.05) is 26.8 Å². The second-order valence-electron chi connectivity index (χ2n) is 4.78. The zero-order chi connectivity index (χ0) is 15.6. The predicted octanol–water partition coefficient (Wildman–Crippen LogP) is 1.66. The Kier molecular flexibility index (Phi) is 4.11. The van der Waals surface area contributed by atoms with E-state index in [0.717, 1.165) is 17.9 Å². The van der Waals surface area contributed by atoms with Crippen molar-refractivity contribution in [2.75, 3.05) is 5.32 Å². The molecule has 0 aliphatic rings. The van der Waals surface area contributed by atoms with Crippen LogP contribution in [-0.4, -0.2) is 31.3 Å². The number of hydrogen-bond acceptors (Lipinski definition) is 3. The molecule has 0 aromatic carbocycles. The summed E-state index contributed by atoms with van der Waals surface area (Å²) in [6.45, 7) is 6.44. The number of rotatable bonds is 5. The molecule has 0 saturated heterocycles. The fraction of sp³-hybridized carbons (Fsp3) is 0.357. The van der Waals surface area contributed by atoms with Crippen LogP contribution >= 0.6 is 0 Å². The largest absolute Gasteiger partial charge is 0.480 e. The van der Waals surface area contributed by atoms with Crippen LogP contribution in [-0.2, 0) is 17.9 Å². The van der Waals surface area contributed by atoms with E-state index < -0.39 is 5.97 Å². The number of nitrogens with zero attached hydrogens (tertiary/aromatic N) is 3. The second kappa shape index (κ2) is 5.82. The average molecular weight is 290 g/mol. The van der Waals surface area contributed by atoms with E-state index in [2.05, 4.69) is 15.0 Å². The Bertz CT molecular complexity index is 684. The normalized spacial score (nSPS) is 10.6. The molecule has 0 aliphatic carbocycles. The van der Waals surface area contributed by atoms with Crippen LogP contribution in [0, 0.1) is 13.8 Å². The number of nitrogens with one attached hydrogen (secondary N) is 1. The Morgan fingerprint density at radius 3 is 2.67 bits per heavy atom. The third-order valence-corrected chi connectivity index (χ3v) is 3.31. The zero-order valence-electron chi connectivity index (χ0n) is 12.3. The van der Waals surface area contributed by atoms with Gasteiger partial charge in [0.05, 0.1) is 5.56 Å². The van der Waals surface area contributed by atoms with Gasteiger partial charge in [-0.25, -0.2) is 0 Å². The van der Waals surface area contributed by atoms with Crippen molar-refractivity contribution in [3.8, 4) is 0 Å². The Balaban J connectivity index is 2.14. The fourth-order valence-corrected chi connectivity index (χ4v) is 2.36. The summed E-state index contributed by atoms with van der Waals surface area (Å²) in [6, 6.07) is 3.41. The molecular weight excluding hydrogens is 272 g/mol. The van der Waals surface area contributed by atoms with Gasteiger partial charge in [-0.05, 0) is 26.8 Å². The molecule has 0 spiro atoms. The minimum Gasteiger partial charge on any atom is -0.480 e.